The summed E-state index contributed by atoms with van der Waals surface area (Å²) in [5.74, 6) is 0.681. The highest BCUT2D eigenvalue weighted by Crippen LogP contribution is 2.31. The third kappa shape index (κ3) is 3.97. The van der Waals surface area contributed by atoms with Gasteiger partial charge < -0.3 is 14.4 Å². The van der Waals surface area contributed by atoms with Crippen molar-refractivity contribution in [1.82, 2.24) is 4.90 Å². The SMILES string of the molecule is CCOc1ccccc1C(=O)N(C)CC1(C)CCOCC1. The first-order valence-electron chi connectivity index (χ1n) is 7.61. The van der Waals surface area contributed by atoms with Crippen molar-refractivity contribution in [1.29, 1.82) is 0 Å². The molecular formula is C17H25NO3. The van der Waals surface area contributed by atoms with Gasteiger partial charge in [-0.1, -0.05) is 19.1 Å². The van der Waals surface area contributed by atoms with Crippen molar-refractivity contribution in [3.63, 3.8) is 0 Å². The largest absolute Gasteiger partial charge is 0.493 e. The minimum atomic E-state index is 0.0202. The fourth-order valence-corrected chi connectivity index (χ4v) is 2.80. The number of amides is 1. The molecule has 1 heterocycles. The van der Waals surface area contributed by atoms with E-state index in [2.05, 4.69) is 6.92 Å². The Morgan fingerprint density at radius 1 is 1.33 bits per heavy atom. The fraction of sp³-hybridized carbons (Fsp3) is 0.588. The Hall–Kier alpha value is -1.55. The summed E-state index contributed by atoms with van der Waals surface area (Å²) in [5.41, 5.74) is 0.779. The summed E-state index contributed by atoms with van der Waals surface area (Å²) in [6, 6.07) is 7.44. The predicted octanol–water partition coefficient (Wildman–Crippen LogP) is 2.97. The van der Waals surface area contributed by atoms with Gasteiger partial charge in [0.1, 0.15) is 5.75 Å². The highest BCUT2D eigenvalue weighted by molar-refractivity contribution is 5.96. The monoisotopic (exact) mass is 291 g/mol. The van der Waals surface area contributed by atoms with Crippen LogP contribution < -0.4 is 4.74 Å². The number of benzene rings is 1. The van der Waals surface area contributed by atoms with Gasteiger partial charge in [0.15, 0.2) is 0 Å². The summed E-state index contributed by atoms with van der Waals surface area (Å²) in [6.45, 7) is 7.03. The van der Waals surface area contributed by atoms with Crippen LogP contribution in [-0.2, 0) is 4.74 Å². The van der Waals surface area contributed by atoms with Crippen LogP contribution in [0.4, 0.5) is 0 Å². The maximum atomic E-state index is 12.7. The van der Waals surface area contributed by atoms with Crippen LogP contribution in [0.1, 0.15) is 37.0 Å². The van der Waals surface area contributed by atoms with Crippen molar-refractivity contribution in [2.75, 3.05) is 33.4 Å². The predicted molar refractivity (Wildman–Crippen MR) is 82.7 cm³/mol. The molecule has 0 aromatic heterocycles. The molecule has 0 atom stereocenters. The maximum absolute atomic E-state index is 12.7. The standard InChI is InChI=1S/C17H25NO3/c1-4-21-15-8-6-5-7-14(15)16(19)18(3)13-17(2)9-11-20-12-10-17/h5-8H,4,9-13H2,1-3H3. The van der Waals surface area contributed by atoms with Crippen molar-refractivity contribution >= 4 is 5.91 Å². The third-order valence-corrected chi connectivity index (χ3v) is 4.08. The van der Waals surface area contributed by atoms with Gasteiger partial charge in [0.2, 0.25) is 0 Å². The van der Waals surface area contributed by atoms with E-state index in [4.69, 9.17) is 9.47 Å². The minimum Gasteiger partial charge on any atom is -0.493 e. The molecule has 1 saturated heterocycles. The molecule has 1 fully saturated rings. The van der Waals surface area contributed by atoms with Crippen molar-refractivity contribution < 1.29 is 14.3 Å². The van der Waals surface area contributed by atoms with Crippen molar-refractivity contribution in [3.05, 3.63) is 29.8 Å². The Bertz CT molecular complexity index is 481. The number of hydrogen-bond donors (Lipinski definition) is 0. The zero-order valence-corrected chi connectivity index (χ0v) is 13.2. The van der Waals surface area contributed by atoms with Gasteiger partial charge in [-0.05, 0) is 37.3 Å². The van der Waals surface area contributed by atoms with Gasteiger partial charge in [-0.2, -0.15) is 0 Å². The molecule has 0 radical (unpaired) electrons. The quantitative estimate of drug-likeness (QED) is 0.837. The summed E-state index contributed by atoms with van der Waals surface area (Å²) in [6.07, 6.45) is 2.00. The molecule has 0 bridgehead atoms. The molecule has 0 spiro atoms. The second-order valence-corrected chi connectivity index (χ2v) is 6.01. The molecule has 2 rings (SSSR count). The lowest BCUT2D eigenvalue weighted by atomic mass is 9.82. The topological polar surface area (TPSA) is 38.8 Å². The number of hydrogen-bond acceptors (Lipinski definition) is 3. The van der Waals surface area contributed by atoms with Gasteiger partial charge in [0.25, 0.3) is 5.91 Å². The van der Waals surface area contributed by atoms with Crippen LogP contribution in [0.25, 0.3) is 0 Å². The molecule has 1 aromatic carbocycles. The van der Waals surface area contributed by atoms with Crippen LogP contribution in [0, 0.1) is 5.41 Å². The van der Waals surface area contributed by atoms with Crippen LogP contribution in [0.3, 0.4) is 0 Å². The minimum absolute atomic E-state index is 0.0202. The molecule has 116 valence electrons. The van der Waals surface area contributed by atoms with Crippen molar-refractivity contribution in [3.8, 4) is 5.75 Å². The Kier molecular flexibility index (Phi) is 5.23. The smallest absolute Gasteiger partial charge is 0.257 e. The van der Waals surface area contributed by atoms with Crippen LogP contribution in [0.5, 0.6) is 5.75 Å². The number of nitrogens with zero attached hydrogens (tertiary/aromatic N) is 1. The van der Waals surface area contributed by atoms with Gasteiger partial charge in [0.05, 0.1) is 12.2 Å². The number of ether oxygens (including phenoxy) is 2. The average molecular weight is 291 g/mol. The van der Waals surface area contributed by atoms with Gasteiger partial charge in [-0.3, -0.25) is 4.79 Å². The molecule has 21 heavy (non-hydrogen) atoms. The first-order chi connectivity index (χ1) is 10.1. The second kappa shape index (κ2) is 6.94. The van der Waals surface area contributed by atoms with Crippen molar-refractivity contribution in [2.45, 2.75) is 26.7 Å². The lowest BCUT2D eigenvalue weighted by Crippen LogP contribution is -2.40. The highest BCUT2D eigenvalue weighted by Gasteiger charge is 2.30. The van der Waals surface area contributed by atoms with Crippen molar-refractivity contribution in [2.24, 2.45) is 5.41 Å². The molecule has 0 N–H and O–H groups in total. The third-order valence-electron chi connectivity index (χ3n) is 4.08. The van der Waals surface area contributed by atoms with Gasteiger partial charge in [-0.25, -0.2) is 0 Å². The fourth-order valence-electron chi connectivity index (χ4n) is 2.80. The number of rotatable bonds is 5. The summed E-state index contributed by atoms with van der Waals surface area (Å²) in [4.78, 5) is 14.5. The molecule has 1 amide bonds. The van der Waals surface area contributed by atoms with Crippen LogP contribution in [0.15, 0.2) is 24.3 Å². The maximum Gasteiger partial charge on any atom is 0.257 e. The summed E-state index contributed by atoms with van der Waals surface area (Å²) in [5, 5.41) is 0. The Labute approximate surface area is 127 Å². The molecular weight excluding hydrogens is 266 g/mol. The van der Waals surface area contributed by atoms with E-state index in [9.17, 15) is 4.79 Å². The first-order valence-corrected chi connectivity index (χ1v) is 7.61. The van der Waals surface area contributed by atoms with Crippen LogP contribution >= 0.6 is 0 Å². The van der Waals surface area contributed by atoms with Gasteiger partial charge in [0, 0.05) is 26.8 Å². The molecule has 1 aromatic rings. The Balaban J connectivity index is 2.08. The van der Waals surface area contributed by atoms with E-state index in [-0.39, 0.29) is 11.3 Å². The number of para-hydroxylation sites is 1. The first kappa shape index (κ1) is 15.8. The lowest BCUT2D eigenvalue weighted by Gasteiger charge is -2.37. The molecule has 1 aliphatic rings. The zero-order chi connectivity index (χ0) is 15.3. The van der Waals surface area contributed by atoms with Gasteiger partial charge in [-0.15, -0.1) is 0 Å². The van der Waals surface area contributed by atoms with E-state index in [0.717, 1.165) is 32.6 Å². The van der Waals surface area contributed by atoms with E-state index < -0.39 is 0 Å². The summed E-state index contributed by atoms with van der Waals surface area (Å²) >= 11 is 0. The normalized spacial score (nSPS) is 17.3. The lowest BCUT2D eigenvalue weighted by molar-refractivity contribution is 0.00910. The molecule has 0 unspecified atom stereocenters. The van der Waals surface area contributed by atoms with E-state index >= 15 is 0 Å². The Morgan fingerprint density at radius 2 is 2.00 bits per heavy atom. The molecule has 0 aliphatic carbocycles. The van der Waals surface area contributed by atoms with Gasteiger partial charge >= 0.3 is 0 Å². The van der Waals surface area contributed by atoms with E-state index in [1.54, 1.807) is 0 Å². The van der Waals surface area contributed by atoms with E-state index in [0.29, 0.717) is 17.9 Å². The van der Waals surface area contributed by atoms with E-state index in [1.807, 2.05) is 43.1 Å². The molecule has 0 saturated carbocycles. The number of carbonyl (C=O) groups excluding carboxylic acids is 1. The average Bonchev–Trinajstić information content (AvgIpc) is 2.47. The Morgan fingerprint density at radius 3 is 2.67 bits per heavy atom. The molecule has 4 nitrogen and oxygen atoms in total. The van der Waals surface area contributed by atoms with Crippen LogP contribution in [-0.4, -0.2) is 44.2 Å². The summed E-state index contributed by atoms with van der Waals surface area (Å²) in [7, 11) is 1.87. The second-order valence-electron chi connectivity index (χ2n) is 6.01. The zero-order valence-electron chi connectivity index (χ0n) is 13.2. The highest BCUT2D eigenvalue weighted by atomic mass is 16.5. The summed E-state index contributed by atoms with van der Waals surface area (Å²) < 4.78 is 11.0. The molecule has 4 heteroatoms. The molecule has 1 aliphatic heterocycles. The number of carbonyl (C=O) groups is 1. The van der Waals surface area contributed by atoms with Crippen LogP contribution in [0.2, 0.25) is 0 Å². The van der Waals surface area contributed by atoms with E-state index in [1.165, 1.54) is 0 Å².